The van der Waals surface area contributed by atoms with Crippen LogP contribution in [-0.2, 0) is 6.42 Å². The first-order valence-electron chi connectivity index (χ1n) is 8.67. The Morgan fingerprint density at radius 3 is 2.62 bits per heavy atom. The third-order valence-electron chi connectivity index (χ3n) is 3.59. The molecule has 1 aromatic carbocycles. The highest BCUT2D eigenvalue weighted by atomic mass is 16.5. The van der Waals surface area contributed by atoms with Crippen LogP contribution >= 0.6 is 0 Å². The van der Waals surface area contributed by atoms with Crippen molar-refractivity contribution in [3.8, 4) is 11.5 Å². The molecule has 0 spiro atoms. The second-order valence-electron chi connectivity index (χ2n) is 5.91. The van der Waals surface area contributed by atoms with E-state index in [1.807, 2.05) is 39.0 Å². The Balaban J connectivity index is 2.01. The lowest BCUT2D eigenvalue weighted by Gasteiger charge is -2.13. The van der Waals surface area contributed by atoms with E-state index in [-0.39, 0.29) is 5.92 Å². The first kappa shape index (κ1) is 19.6. The summed E-state index contributed by atoms with van der Waals surface area (Å²) in [7, 11) is 3.22. The molecule has 2 aromatic rings. The van der Waals surface area contributed by atoms with Crippen LogP contribution in [0.5, 0.6) is 11.5 Å². The lowest BCUT2D eigenvalue weighted by molar-refractivity contribution is 0.355. The molecule has 0 amide bonds. The third-order valence-corrected chi connectivity index (χ3v) is 3.59. The number of nitrogens with one attached hydrogen (secondary N) is 2. The van der Waals surface area contributed by atoms with Gasteiger partial charge in [-0.25, -0.2) is 0 Å². The molecule has 0 radical (unpaired) electrons. The Kier molecular flexibility index (Phi) is 7.25. The molecule has 0 saturated heterocycles. The summed E-state index contributed by atoms with van der Waals surface area (Å²) in [5.74, 6) is 3.57. The second-order valence-corrected chi connectivity index (χ2v) is 5.91. The molecule has 0 fully saturated rings. The number of ether oxygens (including phenoxy) is 2. The first-order valence-corrected chi connectivity index (χ1v) is 8.67. The molecule has 8 nitrogen and oxygen atoms in total. The molecule has 0 saturated carbocycles. The molecule has 0 aliphatic rings. The van der Waals surface area contributed by atoms with Gasteiger partial charge in [0.2, 0.25) is 5.89 Å². The van der Waals surface area contributed by atoms with Crippen LogP contribution in [0.3, 0.4) is 0 Å². The number of aromatic nitrogens is 2. The summed E-state index contributed by atoms with van der Waals surface area (Å²) in [6.07, 6.45) is 0.586. The van der Waals surface area contributed by atoms with E-state index in [0.29, 0.717) is 36.3 Å². The number of hydrogen-bond donors (Lipinski definition) is 2. The van der Waals surface area contributed by atoms with E-state index in [4.69, 9.17) is 14.0 Å². The van der Waals surface area contributed by atoms with Gasteiger partial charge in [-0.1, -0.05) is 19.0 Å². The predicted molar refractivity (Wildman–Crippen MR) is 101 cm³/mol. The van der Waals surface area contributed by atoms with Gasteiger partial charge in [0.1, 0.15) is 0 Å². The number of anilines is 1. The maximum absolute atomic E-state index is 5.33. The Morgan fingerprint density at radius 1 is 1.23 bits per heavy atom. The van der Waals surface area contributed by atoms with E-state index in [1.54, 1.807) is 14.2 Å². The molecular weight excluding hydrogens is 334 g/mol. The maximum Gasteiger partial charge on any atom is 0.228 e. The van der Waals surface area contributed by atoms with Crippen LogP contribution in [0, 0.1) is 0 Å². The molecule has 8 heteroatoms. The highest BCUT2D eigenvalue weighted by Gasteiger charge is 2.10. The average Bonchev–Trinajstić information content (AvgIpc) is 3.11. The molecule has 142 valence electrons. The van der Waals surface area contributed by atoms with E-state index in [1.165, 1.54) is 0 Å². The van der Waals surface area contributed by atoms with Crippen molar-refractivity contribution in [1.82, 2.24) is 15.5 Å². The highest BCUT2D eigenvalue weighted by Crippen LogP contribution is 2.29. The van der Waals surface area contributed by atoms with E-state index < -0.39 is 0 Å². The number of methoxy groups -OCH3 is 2. The summed E-state index contributed by atoms with van der Waals surface area (Å²) in [5.41, 5.74) is 0.849. The Bertz CT molecular complexity index is 727. The molecule has 1 aromatic heterocycles. The minimum Gasteiger partial charge on any atom is -0.493 e. The van der Waals surface area contributed by atoms with E-state index in [2.05, 4.69) is 25.8 Å². The summed E-state index contributed by atoms with van der Waals surface area (Å²) in [5, 5.41) is 10.4. The topological polar surface area (TPSA) is 93.8 Å². The molecule has 2 rings (SSSR count). The van der Waals surface area contributed by atoms with Crippen LogP contribution < -0.4 is 20.1 Å². The lowest BCUT2D eigenvalue weighted by Crippen LogP contribution is -2.30. The van der Waals surface area contributed by atoms with Crippen LogP contribution in [0.1, 0.15) is 38.4 Å². The summed E-state index contributed by atoms with van der Waals surface area (Å²) in [4.78, 5) is 8.91. The highest BCUT2D eigenvalue weighted by molar-refractivity contribution is 5.93. The van der Waals surface area contributed by atoms with Crippen LogP contribution in [0.4, 0.5) is 5.69 Å². The minimum absolute atomic E-state index is 0.250. The van der Waals surface area contributed by atoms with Gasteiger partial charge >= 0.3 is 0 Å². The zero-order valence-electron chi connectivity index (χ0n) is 16.0. The Morgan fingerprint density at radius 2 is 2.00 bits per heavy atom. The maximum atomic E-state index is 5.33. The second kappa shape index (κ2) is 9.65. The fraction of sp³-hybridized carbons (Fsp3) is 0.500. The van der Waals surface area contributed by atoms with Gasteiger partial charge in [-0.3, -0.25) is 4.99 Å². The molecule has 0 atom stereocenters. The van der Waals surface area contributed by atoms with Crippen molar-refractivity contribution >= 4 is 11.6 Å². The van der Waals surface area contributed by atoms with Crippen molar-refractivity contribution in [2.45, 2.75) is 33.1 Å². The number of nitrogens with zero attached hydrogens (tertiary/aromatic N) is 3. The fourth-order valence-electron chi connectivity index (χ4n) is 2.23. The van der Waals surface area contributed by atoms with Crippen molar-refractivity contribution in [2.75, 3.05) is 32.6 Å². The van der Waals surface area contributed by atoms with Gasteiger partial charge < -0.3 is 24.6 Å². The van der Waals surface area contributed by atoms with Crippen molar-refractivity contribution in [3.63, 3.8) is 0 Å². The number of rotatable bonds is 8. The Labute approximate surface area is 154 Å². The molecule has 26 heavy (non-hydrogen) atoms. The van der Waals surface area contributed by atoms with Crippen LogP contribution in [-0.4, -0.2) is 43.4 Å². The van der Waals surface area contributed by atoms with E-state index in [0.717, 1.165) is 18.1 Å². The minimum atomic E-state index is 0.250. The summed E-state index contributed by atoms with van der Waals surface area (Å²) >= 11 is 0. The van der Waals surface area contributed by atoms with E-state index in [9.17, 15) is 0 Å². The third kappa shape index (κ3) is 5.37. The molecule has 0 aliphatic carbocycles. The SMILES string of the molecule is CCNC(=NCCc1nc(C(C)C)no1)Nc1ccc(OC)c(OC)c1. The molecular formula is C18H27N5O3. The fourth-order valence-corrected chi connectivity index (χ4v) is 2.23. The summed E-state index contributed by atoms with van der Waals surface area (Å²) in [6.45, 7) is 7.35. The van der Waals surface area contributed by atoms with Crippen LogP contribution in [0.15, 0.2) is 27.7 Å². The van der Waals surface area contributed by atoms with Gasteiger partial charge in [0, 0.05) is 30.6 Å². The predicted octanol–water partition coefficient (Wildman–Crippen LogP) is 2.83. The monoisotopic (exact) mass is 361 g/mol. The van der Waals surface area contributed by atoms with Crippen LogP contribution in [0.2, 0.25) is 0 Å². The average molecular weight is 361 g/mol. The normalized spacial score (nSPS) is 11.5. The summed E-state index contributed by atoms with van der Waals surface area (Å²) < 4.78 is 15.8. The number of benzene rings is 1. The Hall–Kier alpha value is -2.77. The smallest absolute Gasteiger partial charge is 0.228 e. The number of hydrogen-bond acceptors (Lipinski definition) is 6. The van der Waals surface area contributed by atoms with Gasteiger partial charge in [0.05, 0.1) is 20.8 Å². The molecule has 0 bridgehead atoms. The standard InChI is InChI=1S/C18H27N5O3/c1-6-19-18(20-10-9-16-22-17(12(2)3)23-26-16)21-13-7-8-14(24-4)15(11-13)25-5/h7-8,11-12H,6,9-10H2,1-5H3,(H2,19,20,21). The molecule has 0 unspecified atom stereocenters. The molecule has 0 aliphatic heterocycles. The van der Waals surface area contributed by atoms with Crippen molar-refractivity contribution < 1.29 is 14.0 Å². The zero-order valence-corrected chi connectivity index (χ0v) is 16.0. The lowest BCUT2D eigenvalue weighted by atomic mass is 10.2. The largest absolute Gasteiger partial charge is 0.493 e. The van der Waals surface area contributed by atoms with Gasteiger partial charge in [0.15, 0.2) is 23.3 Å². The van der Waals surface area contributed by atoms with Crippen molar-refractivity contribution in [3.05, 3.63) is 29.9 Å². The van der Waals surface area contributed by atoms with Gasteiger partial charge in [-0.15, -0.1) is 0 Å². The number of guanidine groups is 1. The number of aliphatic imine (C=N–C) groups is 1. The zero-order chi connectivity index (χ0) is 18.9. The van der Waals surface area contributed by atoms with Crippen LogP contribution in [0.25, 0.3) is 0 Å². The van der Waals surface area contributed by atoms with Gasteiger partial charge in [-0.2, -0.15) is 4.98 Å². The van der Waals surface area contributed by atoms with Crippen molar-refractivity contribution in [1.29, 1.82) is 0 Å². The summed E-state index contributed by atoms with van der Waals surface area (Å²) in [6, 6.07) is 5.61. The van der Waals surface area contributed by atoms with E-state index >= 15 is 0 Å². The van der Waals surface area contributed by atoms with Gasteiger partial charge in [-0.05, 0) is 19.1 Å². The van der Waals surface area contributed by atoms with Crippen molar-refractivity contribution in [2.24, 2.45) is 4.99 Å². The quantitative estimate of drug-likeness (QED) is 0.551. The first-order chi connectivity index (χ1) is 12.6. The molecule has 2 N–H and O–H groups in total. The van der Waals surface area contributed by atoms with Gasteiger partial charge in [0.25, 0.3) is 0 Å². The molecule has 1 heterocycles.